The largest absolute Gasteiger partial charge is 0.381 e. The third kappa shape index (κ3) is 2.55. The van der Waals surface area contributed by atoms with Crippen LogP contribution in [0.5, 0.6) is 0 Å². The normalized spacial score (nSPS) is 31.4. The number of hydrogen-bond acceptors (Lipinski definition) is 3. The Bertz CT molecular complexity index is 249. The first-order valence-electron chi connectivity index (χ1n) is 6.29. The first-order valence-corrected chi connectivity index (χ1v) is 6.29. The number of amides is 1. The molecule has 2 rings (SSSR count). The molecule has 2 unspecified atom stereocenters. The molecule has 1 N–H and O–H groups in total. The van der Waals surface area contributed by atoms with E-state index < -0.39 is 0 Å². The van der Waals surface area contributed by atoms with Crippen LogP contribution in [0.2, 0.25) is 0 Å². The lowest BCUT2D eigenvalue weighted by Crippen LogP contribution is -2.44. The predicted molar refractivity (Wildman–Crippen MR) is 61.9 cm³/mol. The van der Waals surface area contributed by atoms with Crippen molar-refractivity contribution >= 4 is 5.91 Å². The average Bonchev–Trinajstić information content (AvgIpc) is 2.62. The Balaban J connectivity index is 1.92. The molecule has 4 nitrogen and oxygen atoms in total. The maximum Gasteiger partial charge on any atom is 0.237 e. The summed E-state index contributed by atoms with van der Waals surface area (Å²) in [7, 11) is 0. The molecule has 2 fully saturated rings. The van der Waals surface area contributed by atoms with E-state index in [1.54, 1.807) is 0 Å². The highest BCUT2D eigenvalue weighted by Crippen LogP contribution is 2.20. The summed E-state index contributed by atoms with van der Waals surface area (Å²) < 4.78 is 5.46. The fourth-order valence-electron chi connectivity index (χ4n) is 2.60. The number of ether oxygens (including phenoxy) is 1. The van der Waals surface area contributed by atoms with Crippen molar-refractivity contribution in [1.29, 1.82) is 0 Å². The number of hydrogen-bond donors (Lipinski definition) is 1. The van der Waals surface area contributed by atoms with Gasteiger partial charge in [0.1, 0.15) is 0 Å². The first kappa shape index (κ1) is 11.9. The Kier molecular flexibility index (Phi) is 3.82. The zero-order valence-corrected chi connectivity index (χ0v) is 10.2. The molecule has 0 aliphatic carbocycles. The van der Waals surface area contributed by atoms with Gasteiger partial charge < -0.3 is 9.64 Å². The van der Waals surface area contributed by atoms with E-state index in [0.717, 1.165) is 26.2 Å². The van der Waals surface area contributed by atoms with Crippen LogP contribution >= 0.6 is 0 Å². The Morgan fingerprint density at radius 3 is 3.00 bits per heavy atom. The maximum atomic E-state index is 11.8. The summed E-state index contributed by atoms with van der Waals surface area (Å²) in [6, 6.07) is 0. The molecule has 0 aromatic rings. The summed E-state index contributed by atoms with van der Waals surface area (Å²) in [6.07, 6.45) is 2.54. The number of carbonyl (C=O) groups is 1. The smallest absolute Gasteiger partial charge is 0.237 e. The van der Waals surface area contributed by atoms with Crippen LogP contribution in [0.15, 0.2) is 0 Å². The third-order valence-electron chi connectivity index (χ3n) is 3.46. The van der Waals surface area contributed by atoms with Gasteiger partial charge in [0.15, 0.2) is 0 Å². The minimum atomic E-state index is 0.217. The van der Waals surface area contributed by atoms with E-state index in [-0.39, 0.29) is 12.1 Å². The van der Waals surface area contributed by atoms with E-state index in [4.69, 9.17) is 4.74 Å². The van der Waals surface area contributed by atoms with Crippen molar-refractivity contribution in [2.45, 2.75) is 32.9 Å². The van der Waals surface area contributed by atoms with Gasteiger partial charge in [0.2, 0.25) is 5.91 Å². The minimum absolute atomic E-state index is 0.217. The van der Waals surface area contributed by atoms with Gasteiger partial charge >= 0.3 is 0 Å². The molecule has 0 bridgehead atoms. The lowest BCUT2D eigenvalue weighted by atomic mass is 10.0. The van der Waals surface area contributed by atoms with Gasteiger partial charge in [-0.2, -0.15) is 0 Å². The van der Waals surface area contributed by atoms with Crippen LogP contribution in [-0.4, -0.2) is 43.3 Å². The summed E-state index contributed by atoms with van der Waals surface area (Å²) in [5.74, 6) is 1.24. The van der Waals surface area contributed by atoms with Gasteiger partial charge in [-0.15, -0.1) is 0 Å². The number of carbonyl (C=O) groups excluding carboxylic acids is 1. The highest BCUT2D eigenvalue weighted by atomic mass is 16.5. The van der Waals surface area contributed by atoms with Gasteiger partial charge in [-0.1, -0.05) is 13.8 Å². The number of rotatable bonds is 3. The molecule has 0 spiro atoms. The SMILES string of the molecule is CC(C)C1NCC(=O)N1CC1CCCOC1. The fourth-order valence-corrected chi connectivity index (χ4v) is 2.60. The lowest BCUT2D eigenvalue weighted by Gasteiger charge is -2.32. The molecular weight excluding hydrogens is 204 g/mol. The molecule has 2 atom stereocenters. The zero-order valence-electron chi connectivity index (χ0n) is 10.2. The summed E-state index contributed by atoms with van der Waals surface area (Å²) in [5.41, 5.74) is 0. The van der Waals surface area contributed by atoms with Gasteiger partial charge in [0, 0.05) is 19.1 Å². The van der Waals surface area contributed by atoms with Crippen molar-refractivity contribution in [3.8, 4) is 0 Å². The second-order valence-electron chi connectivity index (χ2n) is 5.20. The van der Waals surface area contributed by atoms with Crippen molar-refractivity contribution in [3.05, 3.63) is 0 Å². The summed E-state index contributed by atoms with van der Waals surface area (Å²) in [5, 5.41) is 3.28. The molecular formula is C12H22N2O2. The van der Waals surface area contributed by atoms with Crippen LogP contribution in [0.1, 0.15) is 26.7 Å². The summed E-state index contributed by atoms with van der Waals surface area (Å²) in [6.45, 7) is 7.36. The summed E-state index contributed by atoms with van der Waals surface area (Å²) >= 11 is 0. The average molecular weight is 226 g/mol. The summed E-state index contributed by atoms with van der Waals surface area (Å²) in [4.78, 5) is 13.8. The Morgan fingerprint density at radius 1 is 1.56 bits per heavy atom. The highest BCUT2D eigenvalue weighted by Gasteiger charge is 2.34. The van der Waals surface area contributed by atoms with Gasteiger partial charge in [0.25, 0.3) is 0 Å². The third-order valence-corrected chi connectivity index (χ3v) is 3.46. The standard InChI is InChI=1S/C12H22N2O2/c1-9(2)12-13-6-11(15)14(12)7-10-4-3-5-16-8-10/h9-10,12-13H,3-8H2,1-2H3. The molecule has 2 aliphatic heterocycles. The van der Waals surface area contributed by atoms with Gasteiger partial charge in [-0.25, -0.2) is 0 Å². The molecule has 0 aromatic heterocycles. The van der Waals surface area contributed by atoms with E-state index >= 15 is 0 Å². The van der Waals surface area contributed by atoms with Crippen LogP contribution in [0.4, 0.5) is 0 Å². The van der Waals surface area contributed by atoms with E-state index in [2.05, 4.69) is 19.2 Å². The molecule has 16 heavy (non-hydrogen) atoms. The Hall–Kier alpha value is -0.610. The van der Waals surface area contributed by atoms with Crippen molar-refractivity contribution < 1.29 is 9.53 Å². The molecule has 0 radical (unpaired) electrons. The van der Waals surface area contributed by atoms with Gasteiger partial charge in [0.05, 0.1) is 19.3 Å². The van der Waals surface area contributed by atoms with Crippen LogP contribution in [0.25, 0.3) is 0 Å². The fraction of sp³-hybridized carbons (Fsp3) is 0.917. The van der Waals surface area contributed by atoms with Crippen molar-refractivity contribution in [1.82, 2.24) is 10.2 Å². The molecule has 1 amide bonds. The molecule has 0 aromatic carbocycles. The highest BCUT2D eigenvalue weighted by molar-refractivity contribution is 5.80. The zero-order chi connectivity index (χ0) is 11.5. The molecule has 2 heterocycles. The van der Waals surface area contributed by atoms with Crippen LogP contribution in [-0.2, 0) is 9.53 Å². The molecule has 4 heteroatoms. The van der Waals surface area contributed by atoms with Crippen LogP contribution < -0.4 is 5.32 Å². The number of nitrogens with zero attached hydrogens (tertiary/aromatic N) is 1. The maximum absolute atomic E-state index is 11.8. The monoisotopic (exact) mass is 226 g/mol. The van der Waals surface area contributed by atoms with Crippen molar-refractivity contribution in [3.63, 3.8) is 0 Å². The Labute approximate surface area is 97.3 Å². The van der Waals surface area contributed by atoms with E-state index in [1.165, 1.54) is 6.42 Å². The molecule has 2 saturated heterocycles. The quantitative estimate of drug-likeness (QED) is 0.775. The second kappa shape index (κ2) is 5.15. The van der Waals surface area contributed by atoms with Crippen molar-refractivity contribution in [2.24, 2.45) is 11.8 Å². The second-order valence-corrected chi connectivity index (χ2v) is 5.20. The molecule has 2 aliphatic rings. The van der Waals surface area contributed by atoms with Crippen molar-refractivity contribution in [2.75, 3.05) is 26.3 Å². The minimum Gasteiger partial charge on any atom is -0.381 e. The van der Waals surface area contributed by atoms with Gasteiger partial charge in [-0.05, 0) is 18.8 Å². The van der Waals surface area contributed by atoms with Crippen LogP contribution in [0.3, 0.4) is 0 Å². The van der Waals surface area contributed by atoms with E-state index in [1.807, 2.05) is 4.90 Å². The predicted octanol–water partition coefficient (Wildman–Crippen LogP) is 0.827. The lowest BCUT2D eigenvalue weighted by molar-refractivity contribution is -0.129. The first-order chi connectivity index (χ1) is 7.68. The van der Waals surface area contributed by atoms with E-state index in [0.29, 0.717) is 18.4 Å². The Morgan fingerprint density at radius 2 is 2.38 bits per heavy atom. The van der Waals surface area contributed by atoms with Crippen LogP contribution in [0, 0.1) is 11.8 Å². The number of nitrogens with one attached hydrogen (secondary N) is 1. The van der Waals surface area contributed by atoms with Gasteiger partial charge in [-0.3, -0.25) is 10.1 Å². The topological polar surface area (TPSA) is 41.6 Å². The van der Waals surface area contributed by atoms with E-state index in [9.17, 15) is 4.79 Å². The molecule has 92 valence electrons. The molecule has 0 saturated carbocycles.